The van der Waals surface area contributed by atoms with Crippen LogP contribution in [-0.2, 0) is 6.54 Å². The van der Waals surface area contributed by atoms with Crippen LogP contribution in [0.1, 0.15) is 25.8 Å². The third kappa shape index (κ3) is 6.26. The van der Waals surface area contributed by atoms with Crippen molar-refractivity contribution in [2.75, 3.05) is 34.4 Å². The minimum Gasteiger partial charge on any atom is -0.497 e. The molecule has 20 heavy (non-hydrogen) atoms. The summed E-state index contributed by atoms with van der Waals surface area (Å²) in [5.74, 6) is 1.75. The molecule has 0 aromatic heterocycles. The maximum atomic E-state index is 5.92. The molecule has 0 atom stereocenters. The minimum atomic E-state index is 0.457. The fourth-order valence-electron chi connectivity index (χ4n) is 1.82. The van der Waals surface area contributed by atoms with Gasteiger partial charge in [0.15, 0.2) is 0 Å². The van der Waals surface area contributed by atoms with Crippen molar-refractivity contribution in [3.8, 4) is 11.5 Å². The van der Waals surface area contributed by atoms with Gasteiger partial charge in [0.25, 0.3) is 0 Å². The maximum Gasteiger partial charge on any atom is 0.127 e. The third-order valence-corrected chi connectivity index (χ3v) is 2.98. The van der Waals surface area contributed by atoms with Gasteiger partial charge in [-0.25, -0.2) is 0 Å². The molecule has 0 saturated carbocycles. The van der Waals surface area contributed by atoms with E-state index in [1.54, 1.807) is 7.11 Å². The lowest BCUT2D eigenvalue weighted by Gasteiger charge is -2.16. The number of nitrogens with zero attached hydrogens (tertiary/aromatic N) is 1. The summed E-state index contributed by atoms with van der Waals surface area (Å²) in [4.78, 5) is 2.16. The van der Waals surface area contributed by atoms with Crippen LogP contribution in [0.15, 0.2) is 18.2 Å². The SMILES string of the molecule is COc1ccc(CNC(C)C)c(OCCCN(C)C)c1. The van der Waals surface area contributed by atoms with E-state index in [0.29, 0.717) is 6.04 Å². The molecule has 1 aromatic rings. The van der Waals surface area contributed by atoms with E-state index < -0.39 is 0 Å². The van der Waals surface area contributed by atoms with E-state index in [-0.39, 0.29) is 0 Å². The highest BCUT2D eigenvalue weighted by atomic mass is 16.5. The molecule has 0 heterocycles. The first-order valence-electron chi connectivity index (χ1n) is 7.20. The Morgan fingerprint density at radius 3 is 2.60 bits per heavy atom. The van der Waals surface area contributed by atoms with Gasteiger partial charge in [-0.1, -0.05) is 19.9 Å². The second kappa shape index (κ2) is 8.82. The molecule has 0 fully saturated rings. The lowest BCUT2D eigenvalue weighted by atomic mass is 10.2. The van der Waals surface area contributed by atoms with Crippen LogP contribution in [0.2, 0.25) is 0 Å². The zero-order valence-corrected chi connectivity index (χ0v) is 13.4. The highest BCUT2D eigenvalue weighted by Crippen LogP contribution is 2.25. The maximum absolute atomic E-state index is 5.92. The molecule has 0 unspecified atom stereocenters. The normalized spacial score (nSPS) is 11.2. The molecule has 0 aliphatic carbocycles. The second-order valence-electron chi connectivity index (χ2n) is 5.51. The Balaban J connectivity index is 2.63. The Hall–Kier alpha value is -1.26. The first-order valence-corrected chi connectivity index (χ1v) is 7.20. The molecule has 1 N–H and O–H groups in total. The van der Waals surface area contributed by atoms with Gasteiger partial charge in [-0.3, -0.25) is 0 Å². The van der Waals surface area contributed by atoms with Crippen molar-refractivity contribution in [1.82, 2.24) is 10.2 Å². The van der Waals surface area contributed by atoms with Crippen molar-refractivity contribution in [2.24, 2.45) is 0 Å². The van der Waals surface area contributed by atoms with E-state index >= 15 is 0 Å². The average molecular weight is 280 g/mol. The lowest BCUT2D eigenvalue weighted by Crippen LogP contribution is -2.22. The summed E-state index contributed by atoms with van der Waals surface area (Å²) in [7, 11) is 5.82. The van der Waals surface area contributed by atoms with Crippen LogP contribution in [0, 0.1) is 0 Å². The van der Waals surface area contributed by atoms with Gasteiger partial charge in [-0.15, -0.1) is 0 Å². The summed E-state index contributed by atoms with van der Waals surface area (Å²) in [6, 6.07) is 6.46. The molecule has 0 saturated heterocycles. The van der Waals surface area contributed by atoms with Crippen molar-refractivity contribution in [3.63, 3.8) is 0 Å². The Kier molecular flexibility index (Phi) is 7.41. The van der Waals surface area contributed by atoms with E-state index in [0.717, 1.165) is 37.6 Å². The fraction of sp³-hybridized carbons (Fsp3) is 0.625. The summed E-state index contributed by atoms with van der Waals surface area (Å²) in [5, 5.41) is 3.42. The van der Waals surface area contributed by atoms with E-state index in [4.69, 9.17) is 9.47 Å². The summed E-state index contributed by atoms with van der Waals surface area (Å²) in [6.45, 7) is 6.84. The molecule has 114 valence electrons. The zero-order chi connectivity index (χ0) is 15.0. The molecule has 1 rings (SSSR count). The molecule has 0 aliphatic rings. The fourth-order valence-corrected chi connectivity index (χ4v) is 1.82. The van der Waals surface area contributed by atoms with Crippen LogP contribution in [0.4, 0.5) is 0 Å². The standard InChI is InChI=1S/C16H28N2O2/c1-13(2)17-12-14-7-8-15(19-5)11-16(14)20-10-6-9-18(3)4/h7-8,11,13,17H,6,9-10,12H2,1-5H3. The van der Waals surface area contributed by atoms with Crippen LogP contribution in [0.5, 0.6) is 11.5 Å². The number of ether oxygens (including phenoxy) is 2. The van der Waals surface area contributed by atoms with Gasteiger partial charge in [0, 0.05) is 30.8 Å². The van der Waals surface area contributed by atoms with E-state index in [1.807, 2.05) is 12.1 Å². The third-order valence-electron chi connectivity index (χ3n) is 2.98. The lowest BCUT2D eigenvalue weighted by molar-refractivity contribution is 0.277. The van der Waals surface area contributed by atoms with Gasteiger partial charge in [-0.05, 0) is 26.6 Å². The number of rotatable bonds is 9. The number of nitrogens with one attached hydrogen (secondary N) is 1. The van der Waals surface area contributed by atoms with E-state index in [2.05, 4.69) is 44.2 Å². The smallest absolute Gasteiger partial charge is 0.127 e. The van der Waals surface area contributed by atoms with Crippen LogP contribution in [0.25, 0.3) is 0 Å². The van der Waals surface area contributed by atoms with Gasteiger partial charge in [0.1, 0.15) is 11.5 Å². The van der Waals surface area contributed by atoms with Crippen molar-refractivity contribution < 1.29 is 9.47 Å². The first kappa shape index (κ1) is 16.8. The van der Waals surface area contributed by atoms with E-state index in [9.17, 15) is 0 Å². The van der Waals surface area contributed by atoms with Crippen LogP contribution < -0.4 is 14.8 Å². The molecule has 1 aromatic carbocycles. The summed E-state index contributed by atoms with van der Waals surface area (Å²) >= 11 is 0. The first-order chi connectivity index (χ1) is 9.52. The predicted octanol–water partition coefficient (Wildman–Crippen LogP) is 2.52. The Labute approximate surface area is 123 Å². The number of benzene rings is 1. The van der Waals surface area contributed by atoms with Gasteiger partial charge >= 0.3 is 0 Å². The minimum absolute atomic E-state index is 0.457. The van der Waals surface area contributed by atoms with Gasteiger partial charge in [0.2, 0.25) is 0 Å². The Morgan fingerprint density at radius 1 is 1.25 bits per heavy atom. The molecule has 0 aliphatic heterocycles. The largest absolute Gasteiger partial charge is 0.497 e. The summed E-state index contributed by atoms with van der Waals surface area (Å²) in [6.07, 6.45) is 1.02. The number of methoxy groups -OCH3 is 1. The summed E-state index contributed by atoms with van der Waals surface area (Å²) < 4.78 is 11.2. The van der Waals surface area contributed by atoms with Gasteiger partial charge in [0.05, 0.1) is 13.7 Å². The monoisotopic (exact) mass is 280 g/mol. The molecule has 4 nitrogen and oxygen atoms in total. The molecule has 0 radical (unpaired) electrons. The molecule has 4 heteroatoms. The van der Waals surface area contributed by atoms with Crippen molar-refractivity contribution in [1.29, 1.82) is 0 Å². The van der Waals surface area contributed by atoms with Gasteiger partial charge in [-0.2, -0.15) is 0 Å². The molecular formula is C16H28N2O2. The van der Waals surface area contributed by atoms with Crippen LogP contribution >= 0.6 is 0 Å². The van der Waals surface area contributed by atoms with E-state index in [1.165, 1.54) is 5.56 Å². The van der Waals surface area contributed by atoms with Crippen LogP contribution in [0.3, 0.4) is 0 Å². The zero-order valence-electron chi connectivity index (χ0n) is 13.4. The molecule has 0 amide bonds. The van der Waals surface area contributed by atoms with Crippen molar-refractivity contribution in [2.45, 2.75) is 32.9 Å². The quantitative estimate of drug-likeness (QED) is 0.705. The van der Waals surface area contributed by atoms with Crippen molar-refractivity contribution in [3.05, 3.63) is 23.8 Å². The summed E-state index contributed by atoms with van der Waals surface area (Å²) in [5.41, 5.74) is 1.17. The Bertz CT molecular complexity index is 392. The second-order valence-corrected chi connectivity index (χ2v) is 5.51. The molecular weight excluding hydrogens is 252 g/mol. The molecule has 0 bridgehead atoms. The highest BCUT2D eigenvalue weighted by Gasteiger charge is 2.07. The Morgan fingerprint density at radius 2 is 2.00 bits per heavy atom. The van der Waals surface area contributed by atoms with Crippen molar-refractivity contribution >= 4 is 0 Å². The number of hydrogen-bond acceptors (Lipinski definition) is 4. The topological polar surface area (TPSA) is 33.7 Å². The highest BCUT2D eigenvalue weighted by molar-refractivity contribution is 5.40. The number of hydrogen-bond donors (Lipinski definition) is 1. The molecule has 0 spiro atoms. The van der Waals surface area contributed by atoms with Crippen LogP contribution in [-0.4, -0.2) is 45.3 Å². The van der Waals surface area contributed by atoms with Gasteiger partial charge < -0.3 is 19.7 Å². The predicted molar refractivity (Wildman–Crippen MR) is 83.6 cm³/mol. The average Bonchev–Trinajstić information content (AvgIpc) is 2.41.